The van der Waals surface area contributed by atoms with E-state index in [1.54, 1.807) is 6.20 Å². The lowest BCUT2D eigenvalue weighted by Crippen LogP contribution is -1.93. The molecular formula is C13H12BrN. The molecule has 0 aliphatic heterocycles. The highest BCUT2D eigenvalue weighted by atomic mass is 79.9. The SMILES string of the molecule is Brc1ncccc1CCc1ccccc1. The van der Waals surface area contributed by atoms with Gasteiger partial charge >= 0.3 is 0 Å². The minimum Gasteiger partial charge on any atom is -0.249 e. The molecule has 15 heavy (non-hydrogen) atoms. The molecule has 76 valence electrons. The van der Waals surface area contributed by atoms with Crippen LogP contribution < -0.4 is 0 Å². The molecule has 1 nitrogen and oxygen atoms in total. The van der Waals surface area contributed by atoms with Crippen LogP contribution in [0.1, 0.15) is 11.1 Å². The molecule has 0 amide bonds. The second-order valence-electron chi connectivity index (χ2n) is 3.44. The summed E-state index contributed by atoms with van der Waals surface area (Å²) >= 11 is 3.46. The minimum absolute atomic E-state index is 0.959. The number of rotatable bonds is 3. The minimum atomic E-state index is 0.959. The van der Waals surface area contributed by atoms with Gasteiger partial charge in [-0.1, -0.05) is 36.4 Å². The van der Waals surface area contributed by atoms with Gasteiger partial charge in [-0.05, 0) is 46.0 Å². The molecule has 1 aromatic carbocycles. The summed E-state index contributed by atoms with van der Waals surface area (Å²) in [5.41, 5.74) is 2.63. The first-order valence-corrected chi connectivity index (χ1v) is 5.79. The van der Waals surface area contributed by atoms with Crippen LogP contribution in [0.4, 0.5) is 0 Å². The molecule has 1 heterocycles. The van der Waals surface area contributed by atoms with Crippen molar-refractivity contribution in [2.45, 2.75) is 12.8 Å². The molecule has 0 aliphatic carbocycles. The Balaban J connectivity index is 2.03. The van der Waals surface area contributed by atoms with E-state index in [9.17, 15) is 0 Å². The number of hydrogen-bond acceptors (Lipinski definition) is 1. The zero-order chi connectivity index (χ0) is 10.5. The van der Waals surface area contributed by atoms with Crippen LogP contribution in [-0.4, -0.2) is 4.98 Å². The third-order valence-electron chi connectivity index (χ3n) is 2.36. The van der Waals surface area contributed by atoms with E-state index >= 15 is 0 Å². The molecule has 0 atom stereocenters. The third kappa shape index (κ3) is 2.90. The van der Waals surface area contributed by atoms with E-state index in [4.69, 9.17) is 0 Å². The first kappa shape index (κ1) is 10.4. The molecule has 2 aromatic rings. The van der Waals surface area contributed by atoms with E-state index in [-0.39, 0.29) is 0 Å². The number of pyridine rings is 1. The average Bonchev–Trinajstić information content (AvgIpc) is 2.29. The maximum Gasteiger partial charge on any atom is 0.109 e. The second kappa shape index (κ2) is 5.08. The van der Waals surface area contributed by atoms with Crippen molar-refractivity contribution in [3.05, 3.63) is 64.4 Å². The van der Waals surface area contributed by atoms with Crippen molar-refractivity contribution in [1.29, 1.82) is 0 Å². The summed E-state index contributed by atoms with van der Waals surface area (Å²) in [6.45, 7) is 0. The smallest absolute Gasteiger partial charge is 0.109 e. The van der Waals surface area contributed by atoms with Crippen molar-refractivity contribution in [3.8, 4) is 0 Å². The molecule has 0 fully saturated rings. The maximum atomic E-state index is 4.21. The van der Waals surface area contributed by atoms with Gasteiger partial charge in [0.1, 0.15) is 4.60 Å². The lowest BCUT2D eigenvalue weighted by atomic mass is 10.1. The summed E-state index contributed by atoms with van der Waals surface area (Å²) in [6.07, 6.45) is 3.89. The molecule has 0 spiro atoms. The average molecular weight is 262 g/mol. The van der Waals surface area contributed by atoms with E-state index in [0.29, 0.717) is 0 Å². The van der Waals surface area contributed by atoms with Gasteiger partial charge in [-0.2, -0.15) is 0 Å². The van der Waals surface area contributed by atoms with Crippen LogP contribution in [-0.2, 0) is 12.8 Å². The van der Waals surface area contributed by atoms with E-state index in [0.717, 1.165) is 17.4 Å². The highest BCUT2D eigenvalue weighted by Crippen LogP contribution is 2.15. The highest BCUT2D eigenvalue weighted by Gasteiger charge is 1.99. The summed E-state index contributed by atoms with van der Waals surface area (Å²) in [5.74, 6) is 0. The predicted molar refractivity (Wildman–Crippen MR) is 65.8 cm³/mol. The molecule has 2 heteroatoms. The largest absolute Gasteiger partial charge is 0.249 e. The van der Waals surface area contributed by atoms with E-state index in [1.807, 2.05) is 12.1 Å². The van der Waals surface area contributed by atoms with Crippen LogP contribution in [0.3, 0.4) is 0 Å². The zero-order valence-electron chi connectivity index (χ0n) is 8.36. The Bertz CT molecular complexity index is 426. The number of aromatic nitrogens is 1. The Morgan fingerprint density at radius 3 is 2.47 bits per heavy atom. The molecule has 0 aliphatic rings. The Labute approximate surface area is 98.3 Å². The van der Waals surface area contributed by atoms with Gasteiger partial charge in [0, 0.05) is 6.20 Å². The van der Waals surface area contributed by atoms with Gasteiger partial charge in [-0.15, -0.1) is 0 Å². The number of nitrogens with zero attached hydrogens (tertiary/aromatic N) is 1. The summed E-state index contributed by atoms with van der Waals surface area (Å²) in [7, 11) is 0. The van der Waals surface area contributed by atoms with Crippen LogP contribution in [0.2, 0.25) is 0 Å². The molecule has 0 bridgehead atoms. The van der Waals surface area contributed by atoms with Gasteiger partial charge in [-0.25, -0.2) is 4.98 Å². The second-order valence-corrected chi connectivity index (χ2v) is 4.19. The molecule has 1 aromatic heterocycles. The molecular weight excluding hydrogens is 250 g/mol. The molecule has 0 unspecified atom stereocenters. The lowest BCUT2D eigenvalue weighted by molar-refractivity contribution is 0.940. The highest BCUT2D eigenvalue weighted by molar-refractivity contribution is 9.10. The third-order valence-corrected chi connectivity index (χ3v) is 3.08. The summed E-state index contributed by atoms with van der Waals surface area (Å²) < 4.78 is 0.959. The predicted octanol–water partition coefficient (Wildman–Crippen LogP) is 3.63. The van der Waals surface area contributed by atoms with Crippen LogP contribution in [0.5, 0.6) is 0 Å². The van der Waals surface area contributed by atoms with Gasteiger partial charge in [0.2, 0.25) is 0 Å². The first-order chi connectivity index (χ1) is 7.36. The molecule has 0 N–H and O–H groups in total. The molecule has 2 rings (SSSR count). The van der Waals surface area contributed by atoms with Gasteiger partial charge < -0.3 is 0 Å². The number of aryl methyl sites for hydroxylation is 2. The fourth-order valence-electron chi connectivity index (χ4n) is 1.53. The Kier molecular flexibility index (Phi) is 3.51. The normalized spacial score (nSPS) is 10.2. The summed E-state index contributed by atoms with van der Waals surface area (Å²) in [4.78, 5) is 4.21. The van der Waals surface area contributed by atoms with Gasteiger partial charge in [0.05, 0.1) is 0 Å². The zero-order valence-corrected chi connectivity index (χ0v) is 9.94. The van der Waals surface area contributed by atoms with Crippen molar-refractivity contribution >= 4 is 15.9 Å². The lowest BCUT2D eigenvalue weighted by Gasteiger charge is -2.03. The fourth-order valence-corrected chi connectivity index (χ4v) is 1.98. The van der Waals surface area contributed by atoms with Crippen molar-refractivity contribution in [1.82, 2.24) is 4.98 Å². The van der Waals surface area contributed by atoms with Crippen molar-refractivity contribution in [3.63, 3.8) is 0 Å². The van der Waals surface area contributed by atoms with E-state index in [1.165, 1.54) is 11.1 Å². The Morgan fingerprint density at radius 1 is 0.933 bits per heavy atom. The van der Waals surface area contributed by atoms with Crippen LogP contribution in [0.15, 0.2) is 53.3 Å². The van der Waals surface area contributed by atoms with Crippen LogP contribution in [0.25, 0.3) is 0 Å². The fraction of sp³-hybridized carbons (Fsp3) is 0.154. The first-order valence-electron chi connectivity index (χ1n) is 4.99. The monoisotopic (exact) mass is 261 g/mol. The summed E-state index contributed by atoms with van der Waals surface area (Å²) in [6, 6.07) is 14.6. The topological polar surface area (TPSA) is 12.9 Å². The Hall–Kier alpha value is -1.15. The van der Waals surface area contributed by atoms with Crippen molar-refractivity contribution in [2.24, 2.45) is 0 Å². The standard InChI is InChI=1S/C13H12BrN/c14-13-12(7-4-10-15-13)9-8-11-5-2-1-3-6-11/h1-7,10H,8-9H2. The van der Waals surface area contributed by atoms with Crippen molar-refractivity contribution in [2.75, 3.05) is 0 Å². The number of benzene rings is 1. The van der Waals surface area contributed by atoms with Gasteiger partial charge in [0.25, 0.3) is 0 Å². The summed E-state index contributed by atoms with van der Waals surface area (Å²) in [5, 5.41) is 0. The van der Waals surface area contributed by atoms with Gasteiger partial charge in [-0.3, -0.25) is 0 Å². The van der Waals surface area contributed by atoms with E-state index < -0.39 is 0 Å². The van der Waals surface area contributed by atoms with Crippen LogP contribution >= 0.6 is 15.9 Å². The van der Waals surface area contributed by atoms with Crippen LogP contribution in [0, 0.1) is 0 Å². The van der Waals surface area contributed by atoms with Crippen molar-refractivity contribution < 1.29 is 0 Å². The molecule has 0 saturated carbocycles. The van der Waals surface area contributed by atoms with Gasteiger partial charge in [0.15, 0.2) is 0 Å². The molecule has 0 saturated heterocycles. The van der Waals surface area contributed by atoms with E-state index in [2.05, 4.69) is 51.2 Å². The number of halogens is 1. The maximum absolute atomic E-state index is 4.21. The quantitative estimate of drug-likeness (QED) is 0.770. The Morgan fingerprint density at radius 2 is 1.73 bits per heavy atom. The number of hydrogen-bond donors (Lipinski definition) is 0. The molecule has 0 radical (unpaired) electrons.